The van der Waals surface area contributed by atoms with E-state index in [2.05, 4.69) is 25.8 Å². The highest BCUT2D eigenvalue weighted by Gasteiger charge is 2.34. The molecule has 0 aliphatic heterocycles. The number of carbonyl (C=O) groups is 2. The number of anilines is 1. The number of rotatable bonds is 8. The minimum atomic E-state index is -4.68. The van der Waals surface area contributed by atoms with Crippen LogP contribution in [0.1, 0.15) is 21.7 Å². The maximum Gasteiger partial charge on any atom is 0.417 e. The van der Waals surface area contributed by atoms with Crippen LogP contribution in [0.3, 0.4) is 0 Å². The van der Waals surface area contributed by atoms with Gasteiger partial charge >= 0.3 is 6.18 Å². The average Bonchev–Trinajstić information content (AvgIpc) is 3.50. The Kier molecular flexibility index (Phi) is 7.91. The average molecular weight is 553 g/mol. The smallest absolute Gasteiger partial charge is 0.345 e. The summed E-state index contributed by atoms with van der Waals surface area (Å²) >= 11 is 8.50. The SMILES string of the molecule is O=C(CSc1nnc(CNC(=O)c2ccccc2C(F)(F)F)n1-c1cccc(Cl)c1)Nc1nccs1. The lowest BCUT2D eigenvalue weighted by Gasteiger charge is -2.13. The van der Waals surface area contributed by atoms with Crippen LogP contribution in [0.25, 0.3) is 5.69 Å². The minimum absolute atomic E-state index is 0.0103. The lowest BCUT2D eigenvalue weighted by Crippen LogP contribution is -2.27. The summed E-state index contributed by atoms with van der Waals surface area (Å²) in [5.41, 5.74) is -0.996. The van der Waals surface area contributed by atoms with Crippen LogP contribution in [0, 0.1) is 0 Å². The van der Waals surface area contributed by atoms with Crippen molar-refractivity contribution in [2.75, 3.05) is 11.1 Å². The molecular formula is C22H16ClF3N6O2S2. The first-order valence-corrected chi connectivity index (χ1v) is 12.4. The van der Waals surface area contributed by atoms with E-state index in [9.17, 15) is 22.8 Å². The quantitative estimate of drug-likeness (QED) is 0.296. The Balaban J connectivity index is 1.54. The topological polar surface area (TPSA) is 102 Å². The Bertz CT molecular complexity index is 1380. The van der Waals surface area contributed by atoms with Gasteiger partial charge in [0.05, 0.1) is 29.1 Å². The maximum absolute atomic E-state index is 13.3. The van der Waals surface area contributed by atoms with E-state index in [-0.39, 0.29) is 24.0 Å². The third-order valence-electron chi connectivity index (χ3n) is 4.66. The van der Waals surface area contributed by atoms with Crippen molar-refractivity contribution in [1.29, 1.82) is 0 Å². The van der Waals surface area contributed by atoms with Crippen molar-refractivity contribution in [2.45, 2.75) is 17.9 Å². The molecule has 0 saturated carbocycles. The first-order valence-electron chi connectivity index (χ1n) is 10.2. The van der Waals surface area contributed by atoms with Gasteiger partial charge < -0.3 is 10.6 Å². The molecule has 2 aromatic heterocycles. The molecule has 8 nitrogen and oxygen atoms in total. The second-order valence-corrected chi connectivity index (χ2v) is 9.39. The number of nitrogens with zero attached hydrogens (tertiary/aromatic N) is 4. The summed E-state index contributed by atoms with van der Waals surface area (Å²) in [4.78, 5) is 28.9. The highest BCUT2D eigenvalue weighted by Crippen LogP contribution is 2.32. The van der Waals surface area contributed by atoms with Crippen LogP contribution in [-0.2, 0) is 17.5 Å². The lowest BCUT2D eigenvalue weighted by molar-refractivity contribution is -0.138. The van der Waals surface area contributed by atoms with E-state index in [4.69, 9.17) is 11.6 Å². The van der Waals surface area contributed by atoms with E-state index in [1.54, 1.807) is 40.4 Å². The largest absolute Gasteiger partial charge is 0.417 e. The Morgan fingerprint density at radius 1 is 1.11 bits per heavy atom. The van der Waals surface area contributed by atoms with E-state index in [0.29, 0.717) is 21.0 Å². The lowest BCUT2D eigenvalue weighted by atomic mass is 10.1. The summed E-state index contributed by atoms with van der Waals surface area (Å²) < 4.78 is 41.5. The van der Waals surface area contributed by atoms with Crippen molar-refractivity contribution in [3.05, 3.63) is 82.1 Å². The highest BCUT2D eigenvalue weighted by molar-refractivity contribution is 7.99. The summed E-state index contributed by atoms with van der Waals surface area (Å²) in [6.45, 7) is -0.226. The molecule has 0 radical (unpaired) electrons. The highest BCUT2D eigenvalue weighted by atomic mass is 35.5. The monoisotopic (exact) mass is 552 g/mol. The second kappa shape index (κ2) is 11.1. The Labute approximate surface area is 215 Å². The zero-order chi connectivity index (χ0) is 25.7. The minimum Gasteiger partial charge on any atom is -0.345 e. The zero-order valence-corrected chi connectivity index (χ0v) is 20.5. The number of alkyl halides is 3. The molecule has 0 spiro atoms. The molecule has 36 heavy (non-hydrogen) atoms. The molecule has 2 N–H and O–H groups in total. The zero-order valence-electron chi connectivity index (χ0n) is 18.1. The second-order valence-electron chi connectivity index (χ2n) is 7.11. The molecule has 4 rings (SSSR count). The number of benzene rings is 2. The fourth-order valence-corrected chi connectivity index (χ4v) is 4.64. The first-order chi connectivity index (χ1) is 17.2. The predicted octanol–water partition coefficient (Wildman–Crippen LogP) is 5.06. The van der Waals surface area contributed by atoms with Crippen molar-refractivity contribution in [2.24, 2.45) is 0 Å². The molecule has 2 amide bonds. The number of thioether (sulfide) groups is 1. The number of thiazole rings is 1. The van der Waals surface area contributed by atoms with Crippen LogP contribution >= 0.6 is 34.7 Å². The van der Waals surface area contributed by atoms with Crippen molar-refractivity contribution in [3.8, 4) is 5.69 Å². The molecule has 186 valence electrons. The standard InChI is InChI=1S/C22H16ClF3N6O2S2/c23-13-4-3-5-14(10-13)32-17(11-28-19(34)15-6-1-2-7-16(15)22(24,25)26)30-31-21(32)36-12-18(33)29-20-27-8-9-35-20/h1-10H,11-12H2,(H,28,34)(H,27,29,33). The van der Waals surface area contributed by atoms with Crippen LogP contribution in [0.5, 0.6) is 0 Å². The molecule has 0 aliphatic carbocycles. The van der Waals surface area contributed by atoms with E-state index >= 15 is 0 Å². The molecule has 0 atom stereocenters. The summed E-state index contributed by atoms with van der Waals surface area (Å²) in [6, 6.07) is 11.2. The van der Waals surface area contributed by atoms with Crippen molar-refractivity contribution >= 4 is 51.6 Å². The third-order valence-corrected chi connectivity index (χ3v) is 6.51. The first kappa shape index (κ1) is 25.7. The molecule has 2 aromatic carbocycles. The van der Waals surface area contributed by atoms with E-state index in [0.717, 1.165) is 23.9 Å². The van der Waals surface area contributed by atoms with Crippen molar-refractivity contribution in [1.82, 2.24) is 25.1 Å². The van der Waals surface area contributed by atoms with Crippen LogP contribution in [-0.4, -0.2) is 37.3 Å². The van der Waals surface area contributed by atoms with Crippen LogP contribution in [0.15, 0.2) is 65.3 Å². The molecule has 0 saturated heterocycles. The summed E-state index contributed by atoms with van der Waals surface area (Å²) in [6.07, 6.45) is -3.12. The van der Waals surface area contributed by atoms with E-state index in [1.165, 1.54) is 23.5 Å². The van der Waals surface area contributed by atoms with Gasteiger partial charge in [0, 0.05) is 16.6 Å². The van der Waals surface area contributed by atoms with Crippen molar-refractivity contribution in [3.63, 3.8) is 0 Å². The number of nitrogens with one attached hydrogen (secondary N) is 2. The van der Waals surface area contributed by atoms with Gasteiger partial charge in [0.25, 0.3) is 5.91 Å². The van der Waals surface area contributed by atoms with Crippen LogP contribution in [0.4, 0.5) is 18.3 Å². The summed E-state index contributed by atoms with van der Waals surface area (Å²) in [5, 5.41) is 16.3. The van der Waals surface area contributed by atoms with Gasteiger partial charge in [-0.05, 0) is 30.3 Å². The molecule has 0 fully saturated rings. The number of aromatic nitrogens is 4. The van der Waals surface area contributed by atoms with Gasteiger partial charge in [0.15, 0.2) is 16.1 Å². The van der Waals surface area contributed by atoms with E-state index in [1.807, 2.05) is 0 Å². The van der Waals surface area contributed by atoms with Gasteiger partial charge in [0.1, 0.15) is 0 Å². The summed E-state index contributed by atoms with van der Waals surface area (Å²) in [5.74, 6) is -1.00. The van der Waals surface area contributed by atoms with Gasteiger partial charge in [-0.3, -0.25) is 14.2 Å². The number of hydrogen-bond acceptors (Lipinski definition) is 7. The van der Waals surface area contributed by atoms with Gasteiger partial charge in [0.2, 0.25) is 5.91 Å². The fourth-order valence-electron chi connectivity index (χ4n) is 3.14. The van der Waals surface area contributed by atoms with Gasteiger partial charge in [-0.2, -0.15) is 13.2 Å². The number of halogens is 4. The Hall–Kier alpha value is -3.42. The van der Waals surface area contributed by atoms with E-state index < -0.39 is 23.2 Å². The molecule has 0 unspecified atom stereocenters. The van der Waals surface area contributed by atoms with Crippen LogP contribution in [0.2, 0.25) is 5.02 Å². The number of hydrogen-bond donors (Lipinski definition) is 2. The number of carbonyl (C=O) groups excluding carboxylic acids is 2. The maximum atomic E-state index is 13.3. The Morgan fingerprint density at radius 2 is 1.92 bits per heavy atom. The van der Waals surface area contributed by atoms with Gasteiger partial charge in [-0.1, -0.05) is 41.6 Å². The summed E-state index contributed by atoms with van der Waals surface area (Å²) in [7, 11) is 0. The third kappa shape index (κ3) is 6.22. The number of amides is 2. The molecule has 2 heterocycles. The molecule has 0 aliphatic rings. The van der Waals surface area contributed by atoms with Gasteiger partial charge in [-0.15, -0.1) is 21.5 Å². The predicted molar refractivity (Wildman–Crippen MR) is 130 cm³/mol. The Morgan fingerprint density at radius 3 is 2.64 bits per heavy atom. The van der Waals surface area contributed by atoms with Crippen molar-refractivity contribution < 1.29 is 22.8 Å². The van der Waals surface area contributed by atoms with Crippen LogP contribution < -0.4 is 10.6 Å². The molecule has 14 heteroatoms. The molecule has 4 aromatic rings. The molecule has 0 bridgehead atoms. The normalized spacial score (nSPS) is 11.3. The van der Waals surface area contributed by atoms with Gasteiger partial charge in [-0.25, -0.2) is 4.98 Å². The molecular weight excluding hydrogens is 537 g/mol. The fraction of sp³-hybridized carbons (Fsp3) is 0.136.